The monoisotopic (exact) mass is 483 g/mol. The summed E-state index contributed by atoms with van der Waals surface area (Å²) in [5, 5.41) is 4.56. The van der Waals surface area contributed by atoms with Gasteiger partial charge >= 0.3 is 0 Å². The summed E-state index contributed by atoms with van der Waals surface area (Å²) in [6.07, 6.45) is 7.94. The van der Waals surface area contributed by atoms with Gasteiger partial charge in [-0.05, 0) is 30.8 Å². The van der Waals surface area contributed by atoms with Gasteiger partial charge in [0.25, 0.3) is 0 Å². The summed E-state index contributed by atoms with van der Waals surface area (Å²) >= 11 is 0. The molecule has 1 saturated heterocycles. The molecule has 2 aromatic heterocycles. The van der Waals surface area contributed by atoms with Gasteiger partial charge in [-0.25, -0.2) is 9.97 Å². The Labute approximate surface area is 212 Å². The van der Waals surface area contributed by atoms with Crippen LogP contribution in [0.4, 0.5) is 17.3 Å². The van der Waals surface area contributed by atoms with E-state index >= 15 is 0 Å². The highest BCUT2D eigenvalue weighted by Crippen LogP contribution is 2.36. The molecule has 8 nitrogen and oxygen atoms in total. The third-order valence-electron chi connectivity index (χ3n) is 6.70. The van der Waals surface area contributed by atoms with Crippen molar-refractivity contribution in [1.29, 1.82) is 0 Å². The number of hydrogen-bond donors (Lipinski definition) is 2. The van der Waals surface area contributed by atoms with Crippen LogP contribution in [-0.4, -0.2) is 66.3 Å². The average Bonchev–Trinajstić information content (AvgIpc) is 3.25. The quantitative estimate of drug-likeness (QED) is 0.409. The van der Waals surface area contributed by atoms with E-state index in [2.05, 4.69) is 81.4 Å². The molecule has 0 spiro atoms. The minimum atomic E-state index is 0.479. The number of fused-ring (bicyclic) bond motifs is 1. The largest absolute Gasteiger partial charge is 0.494 e. The Morgan fingerprint density at radius 3 is 2.67 bits per heavy atom. The number of rotatable bonds is 7. The molecule has 4 aromatic rings. The second kappa shape index (κ2) is 10.4. The summed E-state index contributed by atoms with van der Waals surface area (Å²) in [4.78, 5) is 14.1. The molecule has 0 amide bonds. The Morgan fingerprint density at radius 1 is 1.08 bits per heavy atom. The second-order valence-electron chi connectivity index (χ2n) is 9.10. The normalized spacial score (nSPS) is 14.6. The molecule has 0 atom stereocenters. The molecule has 5 rings (SSSR count). The first-order chi connectivity index (χ1) is 17.6. The molecule has 8 heteroatoms. The van der Waals surface area contributed by atoms with Crippen LogP contribution in [0.5, 0.6) is 5.75 Å². The van der Waals surface area contributed by atoms with Crippen LogP contribution in [0.15, 0.2) is 60.9 Å². The molecule has 0 saturated carbocycles. The molecule has 36 heavy (non-hydrogen) atoms. The smallest absolute Gasteiger partial charge is 0.227 e. The van der Waals surface area contributed by atoms with E-state index in [9.17, 15) is 0 Å². The topological polar surface area (TPSA) is 84.5 Å². The Kier molecular flexibility index (Phi) is 6.88. The van der Waals surface area contributed by atoms with E-state index in [0.717, 1.165) is 71.0 Å². The number of nitrogens with one attached hydrogen (secondary N) is 1. The molecule has 1 aliphatic heterocycles. The Morgan fingerprint density at radius 2 is 1.89 bits per heavy atom. The molecule has 0 aliphatic carbocycles. The van der Waals surface area contributed by atoms with Crippen molar-refractivity contribution < 1.29 is 4.74 Å². The number of nitrogens with two attached hydrogens (primary N) is 1. The third-order valence-corrected chi connectivity index (χ3v) is 6.70. The first kappa shape index (κ1) is 23.8. The highest BCUT2D eigenvalue weighted by atomic mass is 16.5. The Hall–Kier alpha value is -3.88. The number of nitrogens with zero attached hydrogens (tertiary/aromatic N) is 5. The van der Waals surface area contributed by atoms with Crippen molar-refractivity contribution in [2.24, 2.45) is 12.8 Å². The van der Waals surface area contributed by atoms with Crippen molar-refractivity contribution in [1.82, 2.24) is 19.4 Å². The SMILES string of the molecule is COc1cc(N2CCN(C)CC2)c(C=CCN)cc1Nc1nccc(-c2cn(C)c3ccccc23)n1. The van der Waals surface area contributed by atoms with E-state index in [4.69, 9.17) is 15.5 Å². The van der Waals surface area contributed by atoms with Crippen molar-refractivity contribution in [3.8, 4) is 17.0 Å². The van der Waals surface area contributed by atoms with Crippen LogP contribution in [0.3, 0.4) is 0 Å². The lowest BCUT2D eigenvalue weighted by Crippen LogP contribution is -2.44. The van der Waals surface area contributed by atoms with E-state index in [-0.39, 0.29) is 0 Å². The van der Waals surface area contributed by atoms with Gasteiger partial charge in [0, 0.05) is 80.4 Å². The van der Waals surface area contributed by atoms with Gasteiger partial charge in [-0.3, -0.25) is 0 Å². The van der Waals surface area contributed by atoms with Crippen LogP contribution in [0.1, 0.15) is 5.56 Å². The van der Waals surface area contributed by atoms with Gasteiger partial charge in [-0.2, -0.15) is 0 Å². The predicted molar refractivity (Wildman–Crippen MR) is 148 cm³/mol. The Bertz CT molecular complexity index is 1390. The van der Waals surface area contributed by atoms with E-state index in [0.29, 0.717) is 12.5 Å². The number of hydrogen-bond acceptors (Lipinski definition) is 7. The number of benzene rings is 2. The molecule has 1 fully saturated rings. The lowest BCUT2D eigenvalue weighted by atomic mass is 10.1. The number of aromatic nitrogens is 3. The summed E-state index contributed by atoms with van der Waals surface area (Å²) in [5.41, 5.74) is 11.9. The van der Waals surface area contributed by atoms with E-state index in [1.165, 1.54) is 0 Å². The fourth-order valence-electron chi connectivity index (χ4n) is 4.74. The van der Waals surface area contributed by atoms with Crippen LogP contribution in [0.2, 0.25) is 0 Å². The predicted octanol–water partition coefficient (Wildman–Crippen LogP) is 4.11. The molecule has 186 valence electrons. The summed E-state index contributed by atoms with van der Waals surface area (Å²) in [6, 6.07) is 14.5. The van der Waals surface area contributed by atoms with Crippen LogP contribution in [0.25, 0.3) is 28.2 Å². The average molecular weight is 484 g/mol. The number of aryl methyl sites for hydroxylation is 1. The van der Waals surface area contributed by atoms with Gasteiger partial charge < -0.3 is 30.2 Å². The number of para-hydroxylation sites is 1. The van der Waals surface area contributed by atoms with Crippen molar-refractivity contribution in [2.45, 2.75) is 0 Å². The minimum Gasteiger partial charge on any atom is -0.494 e. The van der Waals surface area contributed by atoms with E-state index in [1.54, 1.807) is 13.3 Å². The number of piperazine rings is 1. The third kappa shape index (κ3) is 4.78. The number of ether oxygens (including phenoxy) is 1. The highest BCUT2D eigenvalue weighted by Gasteiger charge is 2.19. The highest BCUT2D eigenvalue weighted by molar-refractivity contribution is 5.95. The van der Waals surface area contributed by atoms with Crippen LogP contribution >= 0.6 is 0 Å². The first-order valence-electron chi connectivity index (χ1n) is 12.2. The number of likely N-dealkylation sites (N-methyl/N-ethyl adjacent to an activating group) is 1. The van der Waals surface area contributed by atoms with E-state index < -0.39 is 0 Å². The molecule has 3 heterocycles. The fraction of sp³-hybridized carbons (Fsp3) is 0.286. The zero-order valence-electron chi connectivity index (χ0n) is 21.1. The van der Waals surface area contributed by atoms with Crippen LogP contribution < -0.4 is 20.7 Å². The van der Waals surface area contributed by atoms with Gasteiger partial charge in [0.15, 0.2) is 0 Å². The lowest BCUT2D eigenvalue weighted by molar-refractivity contribution is 0.312. The van der Waals surface area contributed by atoms with Crippen molar-refractivity contribution in [3.63, 3.8) is 0 Å². The molecule has 2 aromatic carbocycles. The van der Waals surface area contributed by atoms with Gasteiger partial charge in [0.2, 0.25) is 5.95 Å². The van der Waals surface area contributed by atoms with Gasteiger partial charge in [0.1, 0.15) is 5.75 Å². The fourth-order valence-corrected chi connectivity index (χ4v) is 4.74. The van der Waals surface area contributed by atoms with E-state index in [1.807, 2.05) is 18.2 Å². The maximum absolute atomic E-state index is 5.80. The maximum Gasteiger partial charge on any atom is 0.227 e. The van der Waals surface area contributed by atoms with Gasteiger partial charge in [-0.15, -0.1) is 0 Å². The number of anilines is 3. The van der Waals surface area contributed by atoms with Crippen molar-refractivity contribution >= 4 is 34.3 Å². The molecular formula is C28H33N7O. The van der Waals surface area contributed by atoms with Gasteiger partial charge in [-0.1, -0.05) is 30.4 Å². The molecule has 0 bridgehead atoms. The summed E-state index contributed by atoms with van der Waals surface area (Å²) in [5.74, 6) is 1.26. The molecule has 1 aliphatic rings. The second-order valence-corrected chi connectivity index (χ2v) is 9.10. The molecular weight excluding hydrogens is 450 g/mol. The van der Waals surface area contributed by atoms with Crippen molar-refractivity contribution in [2.75, 3.05) is 57.1 Å². The van der Waals surface area contributed by atoms with Crippen LogP contribution in [-0.2, 0) is 7.05 Å². The zero-order valence-corrected chi connectivity index (χ0v) is 21.1. The number of methoxy groups -OCH3 is 1. The van der Waals surface area contributed by atoms with Crippen molar-refractivity contribution in [3.05, 3.63) is 66.5 Å². The summed E-state index contributed by atoms with van der Waals surface area (Å²) < 4.78 is 7.92. The standard InChI is InChI=1S/C28H33N7O/c1-33-13-15-35(16-14-33)26-18-27(36-3)24(17-20(26)7-6-11-29)32-28-30-12-10-23(31-28)22-19-34(2)25-9-5-4-8-21(22)25/h4-10,12,17-19H,11,13-16,29H2,1-3H3,(H,30,31,32). The maximum atomic E-state index is 5.80. The summed E-state index contributed by atoms with van der Waals surface area (Å²) in [6.45, 7) is 4.46. The minimum absolute atomic E-state index is 0.479. The zero-order chi connectivity index (χ0) is 25.1. The molecule has 0 unspecified atom stereocenters. The first-order valence-corrected chi connectivity index (χ1v) is 12.2. The molecule has 3 N–H and O–H groups in total. The molecule has 0 radical (unpaired) electrons. The van der Waals surface area contributed by atoms with Gasteiger partial charge in [0.05, 0.1) is 18.5 Å². The summed E-state index contributed by atoms with van der Waals surface area (Å²) in [7, 11) is 5.90. The van der Waals surface area contributed by atoms with Crippen LogP contribution in [0, 0.1) is 0 Å². The lowest BCUT2D eigenvalue weighted by Gasteiger charge is -2.35. The Balaban J connectivity index is 1.50.